The first-order chi connectivity index (χ1) is 12.6. The Morgan fingerprint density at radius 3 is 2.65 bits per heavy atom. The van der Waals surface area contributed by atoms with Crippen LogP contribution in [0.3, 0.4) is 0 Å². The van der Waals surface area contributed by atoms with Gasteiger partial charge in [-0.1, -0.05) is 17.7 Å². The van der Waals surface area contributed by atoms with Crippen molar-refractivity contribution in [3.8, 4) is 17.3 Å². The number of anilines is 3. The van der Waals surface area contributed by atoms with Crippen LogP contribution in [0.2, 0.25) is 0 Å². The summed E-state index contributed by atoms with van der Waals surface area (Å²) in [6, 6.07) is 10.5. The number of aryl methyl sites for hydroxylation is 2. The summed E-state index contributed by atoms with van der Waals surface area (Å²) in [5.41, 5.74) is 6.46. The van der Waals surface area contributed by atoms with Crippen molar-refractivity contribution in [2.75, 3.05) is 24.3 Å². The molecule has 0 aliphatic heterocycles. The standard InChI is InChI=1S/C20H19N5S/c1-12-4-7-14(8-5-12)23-20-22-11-13-6-9-15-16(10-21)26-19(25(2)3)17(15)18(13)24-20/h4-5,7-8,11H,6,9H2,1-3H3,(H,22,23,24). The summed E-state index contributed by atoms with van der Waals surface area (Å²) in [6.07, 6.45) is 3.64. The van der Waals surface area contributed by atoms with E-state index in [2.05, 4.69) is 40.3 Å². The van der Waals surface area contributed by atoms with Gasteiger partial charge in [0.15, 0.2) is 0 Å². The van der Waals surface area contributed by atoms with E-state index in [-0.39, 0.29) is 0 Å². The molecule has 5 nitrogen and oxygen atoms in total. The molecule has 2 aromatic heterocycles. The van der Waals surface area contributed by atoms with Gasteiger partial charge in [-0.05, 0) is 43.0 Å². The Labute approximate surface area is 157 Å². The molecule has 1 N–H and O–H groups in total. The van der Waals surface area contributed by atoms with Gasteiger partial charge in [-0.3, -0.25) is 0 Å². The number of benzene rings is 1. The van der Waals surface area contributed by atoms with Gasteiger partial charge in [0, 0.05) is 31.5 Å². The fourth-order valence-corrected chi connectivity index (χ4v) is 4.30. The highest BCUT2D eigenvalue weighted by molar-refractivity contribution is 7.17. The molecule has 1 aromatic carbocycles. The molecule has 2 heterocycles. The first-order valence-corrected chi connectivity index (χ1v) is 9.31. The van der Waals surface area contributed by atoms with E-state index in [1.54, 1.807) is 11.3 Å². The topological polar surface area (TPSA) is 64.8 Å². The minimum Gasteiger partial charge on any atom is -0.369 e. The second-order valence-corrected chi connectivity index (χ2v) is 7.65. The third-order valence-corrected chi connectivity index (χ3v) is 5.85. The zero-order valence-corrected chi connectivity index (χ0v) is 15.8. The van der Waals surface area contributed by atoms with Gasteiger partial charge < -0.3 is 10.2 Å². The molecule has 6 heteroatoms. The van der Waals surface area contributed by atoms with Crippen LogP contribution < -0.4 is 10.2 Å². The zero-order valence-electron chi connectivity index (χ0n) is 15.0. The van der Waals surface area contributed by atoms with Crippen LogP contribution in [0.15, 0.2) is 30.5 Å². The number of aromatic nitrogens is 2. The molecule has 0 fully saturated rings. The van der Waals surface area contributed by atoms with E-state index in [1.807, 2.05) is 32.4 Å². The van der Waals surface area contributed by atoms with Crippen molar-refractivity contribution in [1.29, 1.82) is 5.26 Å². The van der Waals surface area contributed by atoms with E-state index in [1.165, 1.54) is 5.56 Å². The maximum Gasteiger partial charge on any atom is 0.227 e. The Kier molecular flexibility index (Phi) is 4.09. The van der Waals surface area contributed by atoms with Gasteiger partial charge in [0.2, 0.25) is 5.95 Å². The molecular weight excluding hydrogens is 342 g/mol. The molecule has 1 aliphatic rings. The number of hydrogen-bond donors (Lipinski definition) is 1. The van der Waals surface area contributed by atoms with Crippen LogP contribution in [0.5, 0.6) is 0 Å². The molecule has 0 bridgehead atoms. The van der Waals surface area contributed by atoms with Gasteiger partial charge in [-0.25, -0.2) is 9.97 Å². The lowest BCUT2D eigenvalue weighted by atomic mass is 9.91. The highest BCUT2D eigenvalue weighted by Gasteiger charge is 2.28. The molecule has 0 spiro atoms. The molecule has 3 aromatic rings. The number of hydrogen-bond acceptors (Lipinski definition) is 6. The Morgan fingerprint density at radius 1 is 1.19 bits per heavy atom. The number of fused-ring (bicyclic) bond motifs is 3. The van der Waals surface area contributed by atoms with Crippen molar-refractivity contribution in [2.24, 2.45) is 0 Å². The molecule has 130 valence electrons. The van der Waals surface area contributed by atoms with E-state index in [0.29, 0.717) is 5.95 Å². The van der Waals surface area contributed by atoms with E-state index in [0.717, 1.165) is 50.8 Å². The van der Waals surface area contributed by atoms with Crippen LogP contribution in [0.1, 0.15) is 21.6 Å². The van der Waals surface area contributed by atoms with Gasteiger partial charge in [-0.2, -0.15) is 5.26 Å². The third-order valence-electron chi connectivity index (χ3n) is 4.55. The predicted octanol–water partition coefficient (Wildman–Crippen LogP) is 4.29. The smallest absolute Gasteiger partial charge is 0.227 e. The number of rotatable bonds is 3. The van der Waals surface area contributed by atoms with Crippen LogP contribution in [0, 0.1) is 18.3 Å². The van der Waals surface area contributed by atoms with Gasteiger partial charge in [0.25, 0.3) is 0 Å². The van der Waals surface area contributed by atoms with E-state index >= 15 is 0 Å². The second kappa shape index (κ2) is 6.43. The van der Waals surface area contributed by atoms with Crippen molar-refractivity contribution >= 4 is 28.0 Å². The summed E-state index contributed by atoms with van der Waals surface area (Å²) in [7, 11) is 4.02. The van der Waals surface area contributed by atoms with E-state index < -0.39 is 0 Å². The summed E-state index contributed by atoms with van der Waals surface area (Å²) in [5.74, 6) is 0.579. The highest BCUT2D eigenvalue weighted by Crippen LogP contribution is 2.45. The Balaban J connectivity index is 1.79. The molecule has 26 heavy (non-hydrogen) atoms. The molecular formula is C20H19N5S. The lowest BCUT2D eigenvalue weighted by molar-refractivity contribution is 0.914. The third kappa shape index (κ3) is 2.80. The van der Waals surface area contributed by atoms with Crippen LogP contribution in [-0.2, 0) is 12.8 Å². The summed E-state index contributed by atoms with van der Waals surface area (Å²) in [5, 5.41) is 13.9. The SMILES string of the molecule is Cc1ccc(Nc2ncc3c(n2)-c2c(N(C)C)sc(C#N)c2CC3)cc1. The summed E-state index contributed by atoms with van der Waals surface area (Å²) in [6.45, 7) is 2.06. The maximum atomic E-state index is 9.51. The van der Waals surface area contributed by atoms with Gasteiger partial charge in [-0.15, -0.1) is 11.3 Å². The molecule has 0 saturated carbocycles. The van der Waals surface area contributed by atoms with E-state index in [4.69, 9.17) is 4.98 Å². The molecule has 0 amide bonds. The number of nitriles is 1. The maximum absolute atomic E-state index is 9.51. The van der Waals surface area contributed by atoms with Gasteiger partial charge >= 0.3 is 0 Å². The average Bonchev–Trinajstić information content (AvgIpc) is 3.03. The quantitative estimate of drug-likeness (QED) is 0.754. The van der Waals surface area contributed by atoms with Crippen molar-refractivity contribution in [1.82, 2.24) is 9.97 Å². The van der Waals surface area contributed by atoms with E-state index in [9.17, 15) is 5.26 Å². The largest absolute Gasteiger partial charge is 0.369 e. The minimum atomic E-state index is 0.579. The molecule has 0 atom stereocenters. The second-order valence-electron chi connectivity index (χ2n) is 6.65. The minimum absolute atomic E-state index is 0.579. The highest BCUT2D eigenvalue weighted by atomic mass is 32.1. The van der Waals surface area contributed by atoms with Crippen LogP contribution in [0.4, 0.5) is 16.6 Å². The van der Waals surface area contributed by atoms with Gasteiger partial charge in [0.1, 0.15) is 15.9 Å². The summed E-state index contributed by atoms with van der Waals surface area (Å²) < 4.78 is 0. The normalized spacial score (nSPS) is 12.1. The Morgan fingerprint density at radius 2 is 1.96 bits per heavy atom. The number of thiophene rings is 1. The summed E-state index contributed by atoms with van der Waals surface area (Å²) in [4.78, 5) is 12.2. The van der Waals surface area contributed by atoms with Crippen molar-refractivity contribution in [2.45, 2.75) is 19.8 Å². The zero-order chi connectivity index (χ0) is 18.3. The van der Waals surface area contributed by atoms with Crippen LogP contribution in [0.25, 0.3) is 11.3 Å². The molecule has 1 aliphatic carbocycles. The molecule has 0 radical (unpaired) electrons. The first-order valence-electron chi connectivity index (χ1n) is 8.50. The molecule has 0 saturated heterocycles. The van der Waals surface area contributed by atoms with Crippen molar-refractivity contribution in [3.63, 3.8) is 0 Å². The van der Waals surface area contributed by atoms with Gasteiger partial charge in [0.05, 0.1) is 5.69 Å². The van der Waals surface area contributed by atoms with Crippen molar-refractivity contribution < 1.29 is 0 Å². The monoisotopic (exact) mass is 361 g/mol. The fraction of sp³-hybridized carbons (Fsp3) is 0.250. The Hall–Kier alpha value is -2.91. The van der Waals surface area contributed by atoms with Crippen molar-refractivity contribution in [3.05, 3.63) is 52.0 Å². The number of nitrogens with one attached hydrogen (secondary N) is 1. The van der Waals surface area contributed by atoms with Crippen LogP contribution in [-0.4, -0.2) is 24.1 Å². The van der Waals surface area contributed by atoms with Crippen LogP contribution >= 0.6 is 11.3 Å². The molecule has 4 rings (SSSR count). The lowest BCUT2D eigenvalue weighted by Crippen LogP contribution is -2.12. The number of nitrogens with zero attached hydrogens (tertiary/aromatic N) is 4. The lowest BCUT2D eigenvalue weighted by Gasteiger charge is -2.20. The molecule has 0 unspecified atom stereocenters. The Bertz CT molecular complexity index is 1010. The summed E-state index contributed by atoms with van der Waals surface area (Å²) >= 11 is 1.54. The first kappa shape index (κ1) is 16.6. The average molecular weight is 361 g/mol. The predicted molar refractivity (Wildman–Crippen MR) is 106 cm³/mol. The fourth-order valence-electron chi connectivity index (χ4n) is 3.23.